The molecule has 0 bridgehead atoms. The lowest BCUT2D eigenvalue weighted by molar-refractivity contribution is 0.363. The highest BCUT2D eigenvalue weighted by Crippen LogP contribution is 2.41. The Bertz CT molecular complexity index is 1300. The predicted octanol–water partition coefficient (Wildman–Crippen LogP) is 9.79. The summed E-state index contributed by atoms with van der Waals surface area (Å²) in [4.78, 5) is 0. The van der Waals surface area contributed by atoms with E-state index >= 15 is 8.78 Å². The molecule has 1 unspecified atom stereocenters. The third kappa shape index (κ3) is 6.46. The van der Waals surface area contributed by atoms with Crippen molar-refractivity contribution in [2.75, 3.05) is 6.61 Å². The molecule has 1 aliphatic heterocycles. The average Bonchev–Trinajstić information content (AvgIpc) is 3.80. The molecule has 0 spiro atoms. The van der Waals surface area contributed by atoms with E-state index in [9.17, 15) is 8.78 Å². The minimum Gasteiger partial charge on any atom is -0.368 e. The Morgan fingerprint density at radius 3 is 1.87 bits per heavy atom. The minimum atomic E-state index is -1.18. The smallest absolute Gasteiger partial charge is 0.167 e. The molecule has 1 heterocycles. The lowest BCUT2D eigenvalue weighted by atomic mass is 9.78. The van der Waals surface area contributed by atoms with Gasteiger partial charge >= 0.3 is 0 Å². The fourth-order valence-corrected chi connectivity index (χ4v) is 5.75. The fourth-order valence-electron chi connectivity index (χ4n) is 5.75. The van der Waals surface area contributed by atoms with Crippen LogP contribution in [0.15, 0.2) is 60.7 Å². The first-order valence-electron chi connectivity index (χ1n) is 14.3. The Hall–Kier alpha value is -2.92. The molecule has 3 aromatic carbocycles. The molecule has 3 aromatic rings. The van der Waals surface area contributed by atoms with Gasteiger partial charge in [-0.25, -0.2) is 17.6 Å². The molecule has 0 aromatic heterocycles. The van der Waals surface area contributed by atoms with E-state index in [4.69, 9.17) is 4.74 Å². The number of allylic oxidation sites excluding steroid dienone is 2. The van der Waals surface area contributed by atoms with E-state index in [-0.39, 0.29) is 22.6 Å². The molecule has 1 atom stereocenters. The number of rotatable bonds is 10. The monoisotopic (exact) mass is 536 g/mol. The SMILES string of the molecule is CCCCc1ccc(CC/C=C/C2CCC(c3ccc(-c4ccc(C5CO5)c(F)c4F)c(F)c3F)CC2)cc1. The summed E-state index contributed by atoms with van der Waals surface area (Å²) in [6.07, 6.45) is 13.0. The first-order valence-corrected chi connectivity index (χ1v) is 14.3. The van der Waals surface area contributed by atoms with Crippen molar-refractivity contribution in [3.8, 4) is 11.1 Å². The van der Waals surface area contributed by atoms with E-state index in [2.05, 4.69) is 43.3 Å². The summed E-state index contributed by atoms with van der Waals surface area (Å²) in [7, 11) is 0. The Balaban J connectivity index is 1.15. The topological polar surface area (TPSA) is 12.5 Å². The summed E-state index contributed by atoms with van der Waals surface area (Å²) in [5.74, 6) is -3.96. The van der Waals surface area contributed by atoms with Crippen LogP contribution in [0.1, 0.15) is 86.1 Å². The zero-order chi connectivity index (χ0) is 27.4. The molecule has 0 amide bonds. The van der Waals surface area contributed by atoms with E-state index in [0.717, 1.165) is 44.9 Å². The van der Waals surface area contributed by atoms with Gasteiger partial charge in [0.05, 0.1) is 6.61 Å². The molecule has 2 aliphatic rings. The molecule has 1 saturated carbocycles. The number of hydrogen-bond acceptors (Lipinski definition) is 1. The van der Waals surface area contributed by atoms with Crippen LogP contribution in [0.2, 0.25) is 0 Å². The normalized spacial score (nSPS) is 21.0. The van der Waals surface area contributed by atoms with Crippen molar-refractivity contribution in [1.29, 1.82) is 0 Å². The summed E-state index contributed by atoms with van der Waals surface area (Å²) in [6.45, 7) is 2.54. The number of ether oxygens (including phenoxy) is 1. The van der Waals surface area contributed by atoms with Crippen LogP contribution < -0.4 is 0 Å². The van der Waals surface area contributed by atoms with Crippen LogP contribution in [0.4, 0.5) is 17.6 Å². The largest absolute Gasteiger partial charge is 0.368 e. The maximum absolute atomic E-state index is 15.1. The highest BCUT2D eigenvalue weighted by molar-refractivity contribution is 5.66. The van der Waals surface area contributed by atoms with Crippen molar-refractivity contribution >= 4 is 0 Å². The van der Waals surface area contributed by atoms with Crippen molar-refractivity contribution in [2.45, 2.75) is 76.7 Å². The molecule has 206 valence electrons. The number of aryl methyl sites for hydroxylation is 2. The first kappa shape index (κ1) is 27.6. The number of unbranched alkanes of at least 4 members (excludes halogenated alkanes) is 1. The quantitative estimate of drug-likeness (QED) is 0.143. The van der Waals surface area contributed by atoms with Crippen LogP contribution in [0.3, 0.4) is 0 Å². The van der Waals surface area contributed by atoms with Crippen molar-refractivity contribution in [1.82, 2.24) is 0 Å². The average molecular weight is 537 g/mol. The molecule has 39 heavy (non-hydrogen) atoms. The summed E-state index contributed by atoms with van der Waals surface area (Å²) >= 11 is 0. The molecule has 5 heteroatoms. The van der Waals surface area contributed by atoms with E-state index in [1.54, 1.807) is 0 Å². The lowest BCUT2D eigenvalue weighted by Crippen LogP contribution is -2.14. The number of halogens is 4. The zero-order valence-corrected chi connectivity index (χ0v) is 22.5. The van der Waals surface area contributed by atoms with Gasteiger partial charge in [-0.2, -0.15) is 0 Å². The standard InChI is InChI=1S/C34H36F4O/c1-2-3-6-22-9-11-23(12-10-22)7-4-5-8-24-13-15-25(16-14-24)26-17-18-27(32(36)31(26)35)28-19-20-29(30-21-39-30)34(38)33(28)37/h5,8-12,17-20,24-25,30H,2-4,6-7,13-16,21H2,1H3/b8-5+. The Labute approximate surface area is 228 Å². The number of hydrogen-bond donors (Lipinski definition) is 0. The van der Waals surface area contributed by atoms with E-state index in [0.29, 0.717) is 18.1 Å². The minimum absolute atomic E-state index is 0.0830. The van der Waals surface area contributed by atoms with Crippen LogP contribution in [0, 0.1) is 29.2 Å². The predicted molar refractivity (Wildman–Crippen MR) is 148 cm³/mol. The molecule has 0 radical (unpaired) electrons. The molecular weight excluding hydrogens is 500 g/mol. The van der Waals surface area contributed by atoms with E-state index < -0.39 is 29.4 Å². The van der Waals surface area contributed by atoms with Gasteiger partial charge in [-0.15, -0.1) is 0 Å². The van der Waals surface area contributed by atoms with Gasteiger partial charge in [0, 0.05) is 16.7 Å². The molecule has 0 N–H and O–H groups in total. The molecule has 2 fully saturated rings. The van der Waals surface area contributed by atoms with Gasteiger partial charge in [0.25, 0.3) is 0 Å². The maximum Gasteiger partial charge on any atom is 0.167 e. The van der Waals surface area contributed by atoms with Crippen LogP contribution >= 0.6 is 0 Å². The summed E-state index contributed by atoms with van der Waals surface area (Å²) < 4.78 is 64.4. The highest BCUT2D eigenvalue weighted by atomic mass is 19.2. The van der Waals surface area contributed by atoms with Gasteiger partial charge in [-0.1, -0.05) is 74.0 Å². The Morgan fingerprint density at radius 1 is 0.718 bits per heavy atom. The molecular formula is C34H36F4O. The van der Waals surface area contributed by atoms with E-state index in [1.807, 2.05) is 0 Å². The second kappa shape index (κ2) is 12.5. The van der Waals surface area contributed by atoms with Gasteiger partial charge in [0.1, 0.15) is 6.10 Å². The van der Waals surface area contributed by atoms with Crippen molar-refractivity contribution in [2.24, 2.45) is 5.92 Å². The maximum atomic E-state index is 15.1. The number of epoxide rings is 1. The van der Waals surface area contributed by atoms with Gasteiger partial charge < -0.3 is 4.74 Å². The van der Waals surface area contributed by atoms with Gasteiger partial charge in [0.2, 0.25) is 0 Å². The second-order valence-electron chi connectivity index (χ2n) is 11.0. The fraction of sp³-hybridized carbons (Fsp3) is 0.412. The van der Waals surface area contributed by atoms with E-state index in [1.165, 1.54) is 48.2 Å². The second-order valence-corrected chi connectivity index (χ2v) is 11.0. The molecule has 1 aliphatic carbocycles. The van der Waals surface area contributed by atoms with Crippen LogP contribution in [0.25, 0.3) is 11.1 Å². The van der Waals surface area contributed by atoms with Crippen LogP contribution in [-0.2, 0) is 17.6 Å². The van der Waals surface area contributed by atoms with Crippen LogP contribution in [0.5, 0.6) is 0 Å². The molecule has 1 nitrogen and oxygen atoms in total. The van der Waals surface area contributed by atoms with Crippen molar-refractivity contribution in [3.63, 3.8) is 0 Å². The van der Waals surface area contributed by atoms with Gasteiger partial charge in [0.15, 0.2) is 23.3 Å². The third-order valence-corrected chi connectivity index (χ3v) is 8.26. The first-order chi connectivity index (χ1) is 19.0. The highest BCUT2D eigenvalue weighted by Gasteiger charge is 2.31. The zero-order valence-electron chi connectivity index (χ0n) is 22.5. The van der Waals surface area contributed by atoms with Crippen molar-refractivity contribution in [3.05, 3.63) is 106 Å². The van der Waals surface area contributed by atoms with Gasteiger partial charge in [-0.05, 0) is 79.9 Å². The summed E-state index contributed by atoms with van der Waals surface area (Å²) in [6, 6.07) is 14.5. The Kier molecular flexibility index (Phi) is 8.86. The van der Waals surface area contributed by atoms with Crippen LogP contribution in [-0.4, -0.2) is 6.61 Å². The summed E-state index contributed by atoms with van der Waals surface area (Å²) in [5, 5.41) is 0. The summed E-state index contributed by atoms with van der Waals surface area (Å²) in [5.41, 5.74) is 2.64. The molecule has 1 saturated heterocycles. The lowest BCUT2D eigenvalue weighted by Gasteiger charge is -2.27. The Morgan fingerprint density at radius 2 is 1.28 bits per heavy atom. The third-order valence-electron chi connectivity index (χ3n) is 8.26. The number of benzene rings is 3. The van der Waals surface area contributed by atoms with Gasteiger partial charge in [-0.3, -0.25) is 0 Å². The molecule has 5 rings (SSSR count). The van der Waals surface area contributed by atoms with Crippen molar-refractivity contribution < 1.29 is 22.3 Å².